The highest BCUT2D eigenvalue weighted by molar-refractivity contribution is 6.08. The Bertz CT molecular complexity index is 951. The van der Waals surface area contributed by atoms with Crippen LogP contribution in [0.2, 0.25) is 0 Å². The minimum absolute atomic E-state index is 0.0687. The highest BCUT2D eigenvalue weighted by Crippen LogP contribution is 2.37. The lowest BCUT2D eigenvalue weighted by atomic mass is 9.93. The molecule has 1 N–H and O–H groups in total. The summed E-state index contributed by atoms with van der Waals surface area (Å²) in [6.45, 7) is 7.28. The Morgan fingerprint density at radius 1 is 1.03 bits per heavy atom. The van der Waals surface area contributed by atoms with Crippen LogP contribution < -0.4 is 5.32 Å². The average Bonchev–Trinajstić information content (AvgIpc) is 2.94. The first-order chi connectivity index (χ1) is 13.7. The second-order valence-electron chi connectivity index (χ2n) is 8.28. The van der Waals surface area contributed by atoms with Gasteiger partial charge in [0.05, 0.1) is 5.70 Å². The molecule has 0 fully saturated rings. The minimum atomic E-state index is -0.639. The predicted molar refractivity (Wildman–Crippen MR) is 116 cm³/mol. The van der Waals surface area contributed by atoms with E-state index >= 15 is 0 Å². The van der Waals surface area contributed by atoms with Crippen molar-refractivity contribution in [3.8, 4) is 0 Å². The fourth-order valence-corrected chi connectivity index (χ4v) is 3.36. The molecule has 29 heavy (non-hydrogen) atoms. The maximum Gasteiger partial charge on any atom is 0.412 e. The third kappa shape index (κ3) is 5.23. The monoisotopic (exact) mass is 389 g/mol. The molecule has 0 saturated carbocycles. The molecule has 1 atom stereocenters. The summed E-state index contributed by atoms with van der Waals surface area (Å²) in [7, 11) is 0. The van der Waals surface area contributed by atoms with Crippen LogP contribution in [0, 0.1) is 5.92 Å². The van der Waals surface area contributed by atoms with Crippen LogP contribution in [0.4, 0.5) is 4.79 Å². The maximum absolute atomic E-state index is 12.8. The van der Waals surface area contributed by atoms with Crippen molar-refractivity contribution in [2.75, 3.05) is 0 Å². The normalized spacial score (nSPS) is 17.4. The van der Waals surface area contributed by atoms with Crippen LogP contribution in [-0.4, -0.2) is 17.5 Å². The van der Waals surface area contributed by atoms with Crippen LogP contribution in [0.15, 0.2) is 71.9 Å². The van der Waals surface area contributed by atoms with Gasteiger partial charge in [-0.2, -0.15) is 0 Å². The molecule has 0 bridgehead atoms. The number of ether oxygens (including phenoxy) is 1. The lowest BCUT2D eigenvalue weighted by molar-refractivity contribution is -0.118. The quantitative estimate of drug-likeness (QED) is 0.691. The van der Waals surface area contributed by atoms with E-state index < -0.39 is 11.7 Å². The van der Waals surface area contributed by atoms with Gasteiger partial charge in [0, 0.05) is 5.92 Å². The van der Waals surface area contributed by atoms with E-state index in [0.717, 1.165) is 22.3 Å². The zero-order valence-corrected chi connectivity index (χ0v) is 17.4. The number of hydrogen-bond donors (Lipinski definition) is 1. The van der Waals surface area contributed by atoms with E-state index in [1.165, 1.54) is 0 Å². The molecule has 3 rings (SSSR count). The first-order valence-corrected chi connectivity index (χ1v) is 9.84. The Hall–Kier alpha value is -3.14. The molecule has 0 saturated heterocycles. The van der Waals surface area contributed by atoms with Gasteiger partial charge in [-0.15, -0.1) is 0 Å². The standard InChI is InChI=1S/C25H27NO3/c1-17-15-21(22(23(17)27)26-24(28)29-25(2,3)4)20(19-13-9-6-10-14-19)16-18-11-7-5-8-12-18/h5-14,16-17H,15H2,1-4H3,(H,26,28)/b20-16-/t17-/m1/s1. The Kier molecular flexibility index (Phi) is 6.02. The first kappa shape index (κ1) is 20.6. The van der Waals surface area contributed by atoms with E-state index in [-0.39, 0.29) is 11.7 Å². The van der Waals surface area contributed by atoms with Crippen molar-refractivity contribution in [2.45, 2.75) is 39.7 Å². The number of amides is 1. The molecule has 0 radical (unpaired) electrons. The lowest BCUT2D eigenvalue weighted by Crippen LogP contribution is -2.34. The van der Waals surface area contributed by atoms with Gasteiger partial charge in [0.1, 0.15) is 5.60 Å². The number of benzene rings is 2. The highest BCUT2D eigenvalue weighted by Gasteiger charge is 2.34. The summed E-state index contributed by atoms with van der Waals surface area (Å²) in [5, 5.41) is 2.73. The van der Waals surface area contributed by atoms with Crippen molar-refractivity contribution in [2.24, 2.45) is 5.92 Å². The van der Waals surface area contributed by atoms with Crippen molar-refractivity contribution in [1.29, 1.82) is 0 Å². The Morgan fingerprint density at radius 3 is 2.21 bits per heavy atom. The molecule has 0 heterocycles. The number of hydrogen-bond acceptors (Lipinski definition) is 3. The fourth-order valence-electron chi connectivity index (χ4n) is 3.36. The van der Waals surface area contributed by atoms with Crippen LogP contribution in [0.25, 0.3) is 11.6 Å². The molecule has 0 aliphatic heterocycles. The summed E-state index contributed by atoms with van der Waals surface area (Å²) in [5.74, 6) is -0.265. The minimum Gasteiger partial charge on any atom is -0.444 e. The van der Waals surface area contributed by atoms with E-state index in [1.54, 1.807) is 20.8 Å². The van der Waals surface area contributed by atoms with Crippen molar-refractivity contribution >= 4 is 23.5 Å². The molecule has 0 spiro atoms. The lowest BCUT2D eigenvalue weighted by Gasteiger charge is -2.20. The van der Waals surface area contributed by atoms with Crippen molar-refractivity contribution in [1.82, 2.24) is 5.32 Å². The van der Waals surface area contributed by atoms with Gasteiger partial charge in [0.15, 0.2) is 5.78 Å². The molecule has 1 amide bonds. The van der Waals surface area contributed by atoms with E-state index in [4.69, 9.17) is 4.74 Å². The van der Waals surface area contributed by atoms with Crippen molar-refractivity contribution in [3.63, 3.8) is 0 Å². The van der Waals surface area contributed by atoms with Crippen molar-refractivity contribution < 1.29 is 14.3 Å². The molecule has 2 aromatic carbocycles. The van der Waals surface area contributed by atoms with E-state index in [9.17, 15) is 9.59 Å². The average molecular weight is 389 g/mol. The van der Waals surface area contributed by atoms with Crippen LogP contribution in [-0.2, 0) is 9.53 Å². The first-order valence-electron chi connectivity index (χ1n) is 9.84. The molecule has 150 valence electrons. The summed E-state index contributed by atoms with van der Waals surface area (Å²) >= 11 is 0. The molecule has 0 aromatic heterocycles. The number of Topliss-reactive ketones (excluding diaryl/α,β-unsaturated/α-hetero) is 1. The third-order valence-electron chi connectivity index (χ3n) is 4.65. The summed E-state index contributed by atoms with van der Waals surface area (Å²) in [6, 6.07) is 19.9. The number of nitrogens with one attached hydrogen (secondary N) is 1. The second kappa shape index (κ2) is 8.48. The van der Waals surface area contributed by atoms with Gasteiger partial charge in [-0.1, -0.05) is 67.6 Å². The number of carbonyl (C=O) groups is 2. The van der Waals surface area contributed by atoms with Gasteiger partial charge in [0.2, 0.25) is 0 Å². The molecule has 1 aliphatic carbocycles. The van der Waals surface area contributed by atoms with Gasteiger partial charge in [-0.05, 0) is 55.5 Å². The molecule has 1 aliphatic rings. The van der Waals surface area contributed by atoms with Gasteiger partial charge >= 0.3 is 6.09 Å². The fraction of sp³-hybridized carbons (Fsp3) is 0.280. The number of ketones is 1. The van der Waals surface area contributed by atoms with Crippen LogP contribution in [0.1, 0.15) is 45.2 Å². The molecule has 4 heteroatoms. The maximum atomic E-state index is 12.8. The zero-order chi connectivity index (χ0) is 21.0. The number of allylic oxidation sites excluding steroid dienone is 3. The number of carbonyl (C=O) groups excluding carboxylic acids is 2. The molecular weight excluding hydrogens is 362 g/mol. The summed E-state index contributed by atoms with van der Waals surface area (Å²) in [5.41, 5.74) is 3.49. The summed E-state index contributed by atoms with van der Waals surface area (Å²) in [4.78, 5) is 25.2. The van der Waals surface area contributed by atoms with Gasteiger partial charge in [0.25, 0.3) is 0 Å². The van der Waals surface area contributed by atoms with Crippen molar-refractivity contribution in [3.05, 3.63) is 83.1 Å². The van der Waals surface area contributed by atoms with E-state index in [0.29, 0.717) is 12.1 Å². The third-order valence-corrected chi connectivity index (χ3v) is 4.65. The summed E-state index contributed by atoms with van der Waals surface area (Å²) in [6.07, 6.45) is 2.02. The van der Waals surface area contributed by atoms with Gasteiger partial charge in [-0.3, -0.25) is 10.1 Å². The predicted octanol–water partition coefficient (Wildman–Crippen LogP) is 5.61. The van der Waals surface area contributed by atoms with Crippen LogP contribution >= 0.6 is 0 Å². The molecule has 0 unspecified atom stereocenters. The smallest absolute Gasteiger partial charge is 0.412 e. The van der Waals surface area contributed by atoms with E-state index in [1.807, 2.05) is 67.6 Å². The van der Waals surface area contributed by atoms with E-state index in [2.05, 4.69) is 11.4 Å². The second-order valence-corrected chi connectivity index (χ2v) is 8.28. The van der Waals surface area contributed by atoms with Gasteiger partial charge < -0.3 is 4.74 Å². The highest BCUT2D eigenvalue weighted by atomic mass is 16.6. The Labute approximate surface area is 172 Å². The molecule has 4 nitrogen and oxygen atoms in total. The largest absolute Gasteiger partial charge is 0.444 e. The molecule has 2 aromatic rings. The van der Waals surface area contributed by atoms with Crippen LogP contribution in [0.5, 0.6) is 0 Å². The molecular formula is C25H27NO3. The number of alkyl carbamates (subject to hydrolysis) is 1. The SMILES string of the molecule is C[C@@H]1CC(/C(=C\c2ccccc2)c2ccccc2)=C(NC(=O)OC(C)(C)C)C1=O. The zero-order valence-electron chi connectivity index (χ0n) is 17.4. The topological polar surface area (TPSA) is 55.4 Å². The van der Waals surface area contributed by atoms with Crippen LogP contribution in [0.3, 0.4) is 0 Å². The van der Waals surface area contributed by atoms with Gasteiger partial charge in [-0.25, -0.2) is 4.79 Å². The number of rotatable bonds is 4. The summed E-state index contributed by atoms with van der Waals surface area (Å²) < 4.78 is 5.38. The Morgan fingerprint density at radius 2 is 1.62 bits per heavy atom. The Balaban J connectivity index is 2.08.